The summed E-state index contributed by atoms with van der Waals surface area (Å²) in [5.74, 6) is 0.199. The number of rotatable bonds is 6. The number of hydrogen-bond donors (Lipinski definition) is 0. The van der Waals surface area contributed by atoms with Gasteiger partial charge in [-0.1, -0.05) is 23.7 Å². The van der Waals surface area contributed by atoms with E-state index in [2.05, 4.69) is 24.0 Å². The van der Waals surface area contributed by atoms with E-state index >= 15 is 0 Å². The van der Waals surface area contributed by atoms with Gasteiger partial charge in [0.15, 0.2) is 6.29 Å². The minimum absolute atomic E-state index is 0.199. The fourth-order valence-electron chi connectivity index (χ4n) is 2.26. The maximum Gasteiger partial charge on any atom is 0.151 e. The number of aldehydes is 1. The summed E-state index contributed by atoms with van der Waals surface area (Å²) < 4.78 is 0. The number of carbonyl (C=O) groups excluding carboxylic acids is 1. The van der Waals surface area contributed by atoms with Crippen molar-refractivity contribution in [2.75, 3.05) is 20.6 Å². The van der Waals surface area contributed by atoms with Crippen LogP contribution >= 0.6 is 11.6 Å². The van der Waals surface area contributed by atoms with Crippen LogP contribution in [0.2, 0.25) is 5.02 Å². The second-order valence-corrected chi connectivity index (χ2v) is 5.77. The predicted molar refractivity (Wildman–Crippen MR) is 86.1 cm³/mol. The van der Waals surface area contributed by atoms with E-state index in [0.717, 1.165) is 30.0 Å². The average Bonchev–Trinajstić information content (AvgIpc) is 2.49. The van der Waals surface area contributed by atoms with Gasteiger partial charge in [-0.3, -0.25) is 9.78 Å². The van der Waals surface area contributed by atoms with Gasteiger partial charge in [0.1, 0.15) is 0 Å². The van der Waals surface area contributed by atoms with Crippen molar-refractivity contribution in [1.82, 2.24) is 9.88 Å². The molecule has 2 aromatic rings. The van der Waals surface area contributed by atoms with E-state index in [1.807, 2.05) is 36.4 Å². The number of halogens is 1. The molecule has 0 aliphatic rings. The molecular formula is C17H19ClN2O. The zero-order valence-corrected chi connectivity index (χ0v) is 13.0. The molecule has 1 atom stereocenters. The van der Waals surface area contributed by atoms with E-state index in [1.54, 1.807) is 6.20 Å². The first-order valence-electron chi connectivity index (χ1n) is 6.91. The minimum atomic E-state index is 0.199. The predicted octanol–water partition coefficient (Wildman–Crippen LogP) is 3.63. The standard InChI is InChI=1S/C17H19ClN2O/c1-20(2)10-9-16(14-4-6-15(18)7-5-14)17-8-3-13(12-21)11-19-17/h3-8,11-12,16H,9-10H2,1-2H3. The molecule has 0 bridgehead atoms. The molecule has 1 heterocycles. The lowest BCUT2D eigenvalue weighted by molar-refractivity contribution is 0.112. The molecule has 2 rings (SSSR count). The summed E-state index contributed by atoms with van der Waals surface area (Å²) in [6.45, 7) is 0.963. The Labute approximate surface area is 130 Å². The Morgan fingerprint density at radius 1 is 1.19 bits per heavy atom. The largest absolute Gasteiger partial charge is 0.309 e. The molecular weight excluding hydrogens is 284 g/mol. The molecule has 0 spiro atoms. The Hall–Kier alpha value is -1.71. The quantitative estimate of drug-likeness (QED) is 0.764. The number of nitrogens with zero attached hydrogens (tertiary/aromatic N) is 2. The Kier molecular flexibility index (Phi) is 5.48. The zero-order valence-electron chi connectivity index (χ0n) is 12.3. The fourth-order valence-corrected chi connectivity index (χ4v) is 2.39. The van der Waals surface area contributed by atoms with Crippen LogP contribution in [0.3, 0.4) is 0 Å². The Morgan fingerprint density at radius 3 is 2.43 bits per heavy atom. The highest BCUT2D eigenvalue weighted by molar-refractivity contribution is 6.30. The highest BCUT2D eigenvalue weighted by Crippen LogP contribution is 2.27. The third kappa shape index (κ3) is 4.38. The summed E-state index contributed by atoms with van der Waals surface area (Å²) in [6, 6.07) is 11.6. The zero-order chi connectivity index (χ0) is 15.2. The molecule has 0 amide bonds. The third-order valence-corrected chi connectivity index (χ3v) is 3.69. The van der Waals surface area contributed by atoms with Crippen molar-refractivity contribution in [3.8, 4) is 0 Å². The fraction of sp³-hybridized carbons (Fsp3) is 0.294. The summed E-state index contributed by atoms with van der Waals surface area (Å²) in [4.78, 5) is 17.3. The first kappa shape index (κ1) is 15.7. The van der Waals surface area contributed by atoms with Crippen LogP contribution in [0.1, 0.15) is 34.0 Å². The van der Waals surface area contributed by atoms with E-state index in [0.29, 0.717) is 5.56 Å². The van der Waals surface area contributed by atoms with Gasteiger partial charge in [0, 0.05) is 28.4 Å². The highest BCUT2D eigenvalue weighted by atomic mass is 35.5. The number of hydrogen-bond acceptors (Lipinski definition) is 3. The molecule has 0 N–H and O–H groups in total. The topological polar surface area (TPSA) is 33.2 Å². The molecule has 0 radical (unpaired) electrons. The van der Waals surface area contributed by atoms with Gasteiger partial charge >= 0.3 is 0 Å². The summed E-state index contributed by atoms with van der Waals surface area (Å²) >= 11 is 5.97. The summed E-state index contributed by atoms with van der Waals surface area (Å²) in [5.41, 5.74) is 2.76. The number of benzene rings is 1. The van der Waals surface area contributed by atoms with Crippen LogP contribution in [0, 0.1) is 0 Å². The second-order valence-electron chi connectivity index (χ2n) is 5.33. The van der Waals surface area contributed by atoms with Crippen LogP contribution in [0.4, 0.5) is 0 Å². The molecule has 1 aromatic heterocycles. The lowest BCUT2D eigenvalue weighted by Gasteiger charge is -2.19. The number of carbonyl (C=O) groups is 1. The second kappa shape index (κ2) is 7.34. The van der Waals surface area contributed by atoms with Crippen LogP contribution in [0.25, 0.3) is 0 Å². The van der Waals surface area contributed by atoms with Crippen molar-refractivity contribution in [3.63, 3.8) is 0 Å². The molecule has 0 saturated carbocycles. The molecule has 0 fully saturated rings. The molecule has 21 heavy (non-hydrogen) atoms. The maximum atomic E-state index is 10.7. The normalized spacial score (nSPS) is 12.4. The first-order valence-corrected chi connectivity index (χ1v) is 7.29. The van der Waals surface area contributed by atoms with Gasteiger partial charge in [-0.2, -0.15) is 0 Å². The molecule has 1 aromatic carbocycles. The van der Waals surface area contributed by atoms with Gasteiger partial charge in [0.05, 0.1) is 0 Å². The van der Waals surface area contributed by atoms with Gasteiger partial charge in [-0.05, 0) is 56.9 Å². The van der Waals surface area contributed by atoms with Crippen LogP contribution in [0.15, 0.2) is 42.6 Å². The summed E-state index contributed by atoms with van der Waals surface area (Å²) in [6.07, 6.45) is 3.40. The van der Waals surface area contributed by atoms with Crippen molar-refractivity contribution < 1.29 is 4.79 Å². The minimum Gasteiger partial charge on any atom is -0.309 e. The van der Waals surface area contributed by atoms with Crippen molar-refractivity contribution >= 4 is 17.9 Å². The SMILES string of the molecule is CN(C)CCC(c1ccc(Cl)cc1)c1ccc(C=O)cn1. The smallest absolute Gasteiger partial charge is 0.151 e. The number of pyridine rings is 1. The molecule has 4 heteroatoms. The Bertz CT molecular complexity index is 579. The highest BCUT2D eigenvalue weighted by Gasteiger charge is 2.16. The third-order valence-electron chi connectivity index (χ3n) is 3.44. The van der Waals surface area contributed by atoms with Gasteiger partial charge in [0.2, 0.25) is 0 Å². The van der Waals surface area contributed by atoms with Crippen molar-refractivity contribution in [1.29, 1.82) is 0 Å². The van der Waals surface area contributed by atoms with E-state index < -0.39 is 0 Å². The van der Waals surface area contributed by atoms with Crippen LogP contribution < -0.4 is 0 Å². The van der Waals surface area contributed by atoms with E-state index in [1.165, 1.54) is 5.56 Å². The van der Waals surface area contributed by atoms with E-state index in [4.69, 9.17) is 11.6 Å². The van der Waals surface area contributed by atoms with Gasteiger partial charge in [0.25, 0.3) is 0 Å². The lowest BCUT2D eigenvalue weighted by atomic mass is 9.91. The van der Waals surface area contributed by atoms with Crippen LogP contribution in [-0.2, 0) is 0 Å². The van der Waals surface area contributed by atoms with Crippen LogP contribution in [-0.4, -0.2) is 36.8 Å². The molecule has 3 nitrogen and oxygen atoms in total. The lowest BCUT2D eigenvalue weighted by Crippen LogP contribution is -2.17. The molecule has 0 aliphatic carbocycles. The van der Waals surface area contributed by atoms with Gasteiger partial charge in [-0.25, -0.2) is 0 Å². The van der Waals surface area contributed by atoms with Gasteiger partial charge < -0.3 is 4.90 Å². The molecule has 0 aliphatic heterocycles. The monoisotopic (exact) mass is 302 g/mol. The van der Waals surface area contributed by atoms with E-state index in [-0.39, 0.29) is 5.92 Å². The maximum absolute atomic E-state index is 10.7. The summed E-state index contributed by atoms with van der Waals surface area (Å²) in [7, 11) is 4.11. The Morgan fingerprint density at radius 2 is 1.90 bits per heavy atom. The Balaban J connectivity index is 2.29. The molecule has 0 saturated heterocycles. The van der Waals surface area contributed by atoms with E-state index in [9.17, 15) is 4.79 Å². The van der Waals surface area contributed by atoms with Crippen molar-refractivity contribution in [2.45, 2.75) is 12.3 Å². The number of aromatic nitrogens is 1. The van der Waals surface area contributed by atoms with Crippen molar-refractivity contribution in [2.24, 2.45) is 0 Å². The first-order chi connectivity index (χ1) is 10.1. The summed E-state index contributed by atoms with van der Waals surface area (Å²) in [5, 5.41) is 0.731. The van der Waals surface area contributed by atoms with Crippen molar-refractivity contribution in [3.05, 3.63) is 64.4 Å². The van der Waals surface area contributed by atoms with Crippen LogP contribution in [0.5, 0.6) is 0 Å². The van der Waals surface area contributed by atoms with Gasteiger partial charge in [-0.15, -0.1) is 0 Å². The average molecular weight is 303 g/mol. The molecule has 1 unspecified atom stereocenters. The molecule has 110 valence electrons.